The molecular weight excluding hydrogens is 229 g/mol. The Hall–Kier alpha value is -0.410. The molecular formula is C7H7BrClNO. The molecule has 0 fully saturated rings. The number of methoxy groups -OCH3 is 1. The van der Waals surface area contributed by atoms with Crippen molar-refractivity contribution in [2.45, 2.75) is 0 Å². The molecule has 0 saturated carbocycles. The van der Waals surface area contributed by atoms with Crippen LogP contribution in [0.1, 0.15) is 0 Å². The first-order valence-electron chi connectivity index (χ1n) is 2.93. The minimum absolute atomic E-state index is 0.550. The van der Waals surface area contributed by atoms with E-state index in [-0.39, 0.29) is 0 Å². The Labute approximate surface area is 78.4 Å². The molecule has 0 aliphatic carbocycles. The van der Waals surface area contributed by atoms with E-state index in [1.165, 1.54) is 0 Å². The van der Waals surface area contributed by atoms with Gasteiger partial charge in [0.15, 0.2) is 0 Å². The molecule has 0 saturated heterocycles. The first-order valence-corrected chi connectivity index (χ1v) is 4.10. The third-order valence-corrected chi connectivity index (χ3v) is 2.25. The summed E-state index contributed by atoms with van der Waals surface area (Å²) in [5, 5.41) is 0.550. The van der Waals surface area contributed by atoms with Crippen LogP contribution in [0.3, 0.4) is 0 Å². The molecule has 2 N–H and O–H groups in total. The highest BCUT2D eigenvalue weighted by Gasteiger charge is 2.03. The zero-order chi connectivity index (χ0) is 8.43. The van der Waals surface area contributed by atoms with Gasteiger partial charge in [-0.2, -0.15) is 0 Å². The van der Waals surface area contributed by atoms with Gasteiger partial charge in [0.2, 0.25) is 0 Å². The van der Waals surface area contributed by atoms with Gasteiger partial charge in [-0.1, -0.05) is 11.6 Å². The molecule has 11 heavy (non-hydrogen) atoms. The van der Waals surface area contributed by atoms with Gasteiger partial charge >= 0.3 is 0 Å². The van der Waals surface area contributed by atoms with Crippen molar-refractivity contribution in [3.8, 4) is 5.75 Å². The average Bonchev–Trinajstić information content (AvgIpc) is 1.97. The SMILES string of the molecule is COc1cc(N)c(Br)cc1Cl. The standard InChI is InChI=1S/C7H7BrClNO/c1-11-7-3-6(10)4(8)2-5(7)9/h2-3H,10H2,1H3. The van der Waals surface area contributed by atoms with Crippen LogP contribution in [-0.4, -0.2) is 7.11 Å². The van der Waals surface area contributed by atoms with Crippen LogP contribution in [0.4, 0.5) is 5.69 Å². The number of hydrogen-bond donors (Lipinski definition) is 1. The van der Waals surface area contributed by atoms with Crippen molar-refractivity contribution < 1.29 is 4.74 Å². The lowest BCUT2D eigenvalue weighted by molar-refractivity contribution is 0.415. The number of nitrogen functional groups attached to an aromatic ring is 1. The molecule has 1 aromatic carbocycles. The predicted molar refractivity (Wildman–Crippen MR) is 50.1 cm³/mol. The first-order chi connectivity index (χ1) is 5.15. The summed E-state index contributed by atoms with van der Waals surface area (Å²) in [6.45, 7) is 0. The Morgan fingerprint density at radius 1 is 1.55 bits per heavy atom. The summed E-state index contributed by atoms with van der Waals surface area (Å²) in [6.07, 6.45) is 0. The highest BCUT2D eigenvalue weighted by atomic mass is 79.9. The van der Waals surface area contributed by atoms with Gasteiger partial charge in [-0.3, -0.25) is 0 Å². The Bertz CT molecular complexity index is 277. The lowest BCUT2D eigenvalue weighted by Gasteiger charge is -2.04. The third kappa shape index (κ3) is 1.79. The van der Waals surface area contributed by atoms with Crippen LogP contribution in [0.25, 0.3) is 0 Å². The molecule has 0 heterocycles. The maximum Gasteiger partial charge on any atom is 0.139 e. The average molecular weight is 236 g/mol. The summed E-state index contributed by atoms with van der Waals surface area (Å²) in [5.74, 6) is 0.590. The van der Waals surface area contributed by atoms with Crippen LogP contribution in [0.15, 0.2) is 16.6 Å². The normalized spacial score (nSPS) is 9.73. The largest absolute Gasteiger partial charge is 0.495 e. The Morgan fingerprint density at radius 2 is 2.18 bits per heavy atom. The van der Waals surface area contributed by atoms with Gasteiger partial charge in [0, 0.05) is 16.2 Å². The summed E-state index contributed by atoms with van der Waals surface area (Å²) < 4.78 is 5.73. The first kappa shape index (κ1) is 8.68. The van der Waals surface area contributed by atoms with Gasteiger partial charge in [-0.15, -0.1) is 0 Å². The minimum Gasteiger partial charge on any atom is -0.495 e. The maximum absolute atomic E-state index is 5.79. The van der Waals surface area contributed by atoms with Gasteiger partial charge in [0.25, 0.3) is 0 Å². The van der Waals surface area contributed by atoms with Crippen molar-refractivity contribution in [3.63, 3.8) is 0 Å². The number of halogens is 2. The van der Waals surface area contributed by atoms with E-state index in [1.54, 1.807) is 19.2 Å². The van der Waals surface area contributed by atoms with E-state index in [4.69, 9.17) is 22.1 Å². The summed E-state index contributed by atoms with van der Waals surface area (Å²) in [5.41, 5.74) is 6.20. The number of rotatable bonds is 1. The van der Waals surface area contributed by atoms with E-state index in [0.29, 0.717) is 16.5 Å². The fourth-order valence-electron chi connectivity index (χ4n) is 0.701. The van der Waals surface area contributed by atoms with Crippen LogP contribution in [0.5, 0.6) is 5.75 Å². The van der Waals surface area contributed by atoms with Crippen LogP contribution in [-0.2, 0) is 0 Å². The van der Waals surface area contributed by atoms with Crippen molar-refractivity contribution in [2.24, 2.45) is 0 Å². The summed E-state index contributed by atoms with van der Waals surface area (Å²) in [4.78, 5) is 0. The summed E-state index contributed by atoms with van der Waals surface area (Å²) in [7, 11) is 1.55. The monoisotopic (exact) mass is 235 g/mol. The van der Waals surface area contributed by atoms with Gasteiger partial charge in [-0.05, 0) is 22.0 Å². The zero-order valence-electron chi connectivity index (χ0n) is 5.90. The van der Waals surface area contributed by atoms with Gasteiger partial charge in [0.1, 0.15) is 5.75 Å². The molecule has 0 unspecified atom stereocenters. The number of ether oxygens (including phenoxy) is 1. The zero-order valence-corrected chi connectivity index (χ0v) is 8.24. The van der Waals surface area contributed by atoms with Gasteiger partial charge < -0.3 is 10.5 Å². The molecule has 2 nitrogen and oxygen atoms in total. The lowest BCUT2D eigenvalue weighted by atomic mass is 10.3. The fourth-order valence-corrected chi connectivity index (χ4v) is 1.42. The summed E-state index contributed by atoms with van der Waals surface area (Å²) >= 11 is 9.04. The summed E-state index contributed by atoms with van der Waals surface area (Å²) in [6, 6.07) is 3.38. The molecule has 0 spiro atoms. The molecule has 0 aromatic heterocycles. The Kier molecular flexibility index (Phi) is 2.62. The van der Waals surface area contributed by atoms with Gasteiger partial charge in [-0.25, -0.2) is 0 Å². The molecule has 4 heteroatoms. The molecule has 0 bridgehead atoms. The fraction of sp³-hybridized carbons (Fsp3) is 0.143. The van der Waals surface area contributed by atoms with Crippen LogP contribution >= 0.6 is 27.5 Å². The van der Waals surface area contributed by atoms with E-state index in [1.807, 2.05) is 0 Å². The van der Waals surface area contributed by atoms with E-state index < -0.39 is 0 Å². The second-order valence-electron chi connectivity index (χ2n) is 2.01. The Balaban J connectivity index is 3.21. The van der Waals surface area contributed by atoms with Crippen molar-refractivity contribution in [1.29, 1.82) is 0 Å². The molecule has 0 aliphatic heterocycles. The number of hydrogen-bond acceptors (Lipinski definition) is 2. The van der Waals surface area contributed by atoms with Crippen molar-refractivity contribution in [1.82, 2.24) is 0 Å². The maximum atomic E-state index is 5.79. The van der Waals surface area contributed by atoms with Gasteiger partial charge in [0.05, 0.1) is 12.1 Å². The second-order valence-corrected chi connectivity index (χ2v) is 3.27. The van der Waals surface area contributed by atoms with Crippen molar-refractivity contribution in [3.05, 3.63) is 21.6 Å². The number of benzene rings is 1. The number of nitrogens with two attached hydrogens (primary N) is 1. The van der Waals surface area contributed by atoms with Crippen LogP contribution < -0.4 is 10.5 Å². The molecule has 1 aromatic rings. The highest BCUT2D eigenvalue weighted by molar-refractivity contribution is 9.10. The second kappa shape index (κ2) is 3.32. The van der Waals surface area contributed by atoms with Crippen LogP contribution in [0.2, 0.25) is 5.02 Å². The van der Waals surface area contributed by atoms with Crippen LogP contribution in [0, 0.1) is 0 Å². The van der Waals surface area contributed by atoms with E-state index in [9.17, 15) is 0 Å². The molecule has 0 aliphatic rings. The molecule has 60 valence electrons. The van der Waals surface area contributed by atoms with E-state index >= 15 is 0 Å². The predicted octanol–water partition coefficient (Wildman–Crippen LogP) is 2.69. The number of anilines is 1. The Morgan fingerprint density at radius 3 is 2.73 bits per heavy atom. The molecule has 0 atom stereocenters. The topological polar surface area (TPSA) is 35.2 Å². The lowest BCUT2D eigenvalue weighted by Crippen LogP contribution is -1.90. The van der Waals surface area contributed by atoms with Crippen molar-refractivity contribution in [2.75, 3.05) is 12.8 Å². The molecule has 0 amide bonds. The van der Waals surface area contributed by atoms with E-state index in [0.717, 1.165) is 4.47 Å². The minimum atomic E-state index is 0.550. The quantitative estimate of drug-likeness (QED) is 0.761. The molecule has 0 radical (unpaired) electrons. The van der Waals surface area contributed by atoms with E-state index in [2.05, 4.69) is 15.9 Å². The molecule has 1 rings (SSSR count). The van der Waals surface area contributed by atoms with Crippen molar-refractivity contribution >= 4 is 33.2 Å². The smallest absolute Gasteiger partial charge is 0.139 e. The third-order valence-electron chi connectivity index (χ3n) is 1.27. The highest BCUT2D eigenvalue weighted by Crippen LogP contribution is 2.32.